The SMILES string of the molecule is COc1ccccc1NC(=O)CNC1CCOC1=O. The van der Waals surface area contributed by atoms with Gasteiger partial charge in [0.15, 0.2) is 0 Å². The Labute approximate surface area is 111 Å². The first-order valence-corrected chi connectivity index (χ1v) is 6.03. The van der Waals surface area contributed by atoms with E-state index in [1.165, 1.54) is 7.11 Å². The van der Waals surface area contributed by atoms with Crippen molar-refractivity contribution in [2.45, 2.75) is 12.5 Å². The Morgan fingerprint density at radius 3 is 2.95 bits per heavy atom. The third-order valence-electron chi connectivity index (χ3n) is 2.83. The van der Waals surface area contributed by atoms with Crippen LogP contribution in [0.2, 0.25) is 0 Å². The first-order valence-electron chi connectivity index (χ1n) is 6.03. The molecule has 1 saturated heterocycles. The van der Waals surface area contributed by atoms with Crippen LogP contribution >= 0.6 is 0 Å². The molecule has 6 heteroatoms. The molecule has 1 atom stereocenters. The monoisotopic (exact) mass is 264 g/mol. The lowest BCUT2D eigenvalue weighted by molar-refractivity contribution is -0.139. The molecular formula is C13H16N2O4. The van der Waals surface area contributed by atoms with E-state index in [1.807, 2.05) is 6.07 Å². The number of hydrogen-bond acceptors (Lipinski definition) is 5. The average Bonchev–Trinajstić information content (AvgIpc) is 2.82. The van der Waals surface area contributed by atoms with Gasteiger partial charge in [0.1, 0.15) is 11.8 Å². The fourth-order valence-electron chi connectivity index (χ4n) is 1.84. The summed E-state index contributed by atoms with van der Waals surface area (Å²) in [6.07, 6.45) is 0.598. The second kappa shape index (κ2) is 6.19. The molecule has 1 aliphatic rings. The Morgan fingerprint density at radius 1 is 1.47 bits per heavy atom. The summed E-state index contributed by atoms with van der Waals surface area (Å²) in [5, 5.41) is 5.58. The largest absolute Gasteiger partial charge is 0.495 e. The molecule has 0 bridgehead atoms. The van der Waals surface area contributed by atoms with Crippen LogP contribution in [0, 0.1) is 0 Å². The minimum atomic E-state index is -0.386. The van der Waals surface area contributed by atoms with Gasteiger partial charge in [-0.15, -0.1) is 0 Å². The van der Waals surface area contributed by atoms with E-state index in [1.54, 1.807) is 18.2 Å². The Kier molecular flexibility index (Phi) is 4.35. The van der Waals surface area contributed by atoms with Crippen LogP contribution in [0.3, 0.4) is 0 Å². The number of rotatable bonds is 5. The molecule has 1 amide bonds. The van der Waals surface area contributed by atoms with Gasteiger partial charge in [0, 0.05) is 6.42 Å². The molecule has 6 nitrogen and oxygen atoms in total. The van der Waals surface area contributed by atoms with Crippen molar-refractivity contribution in [2.24, 2.45) is 0 Å². The van der Waals surface area contributed by atoms with Crippen molar-refractivity contribution in [1.29, 1.82) is 0 Å². The third kappa shape index (κ3) is 3.45. The third-order valence-corrected chi connectivity index (χ3v) is 2.83. The summed E-state index contributed by atoms with van der Waals surface area (Å²) < 4.78 is 9.93. The number of ether oxygens (including phenoxy) is 2. The van der Waals surface area contributed by atoms with E-state index in [9.17, 15) is 9.59 Å². The summed E-state index contributed by atoms with van der Waals surface area (Å²) in [5.41, 5.74) is 0.603. The number of esters is 1. The normalized spacial score (nSPS) is 17.9. The molecule has 1 aromatic rings. The summed E-state index contributed by atoms with van der Waals surface area (Å²) >= 11 is 0. The Morgan fingerprint density at radius 2 is 2.26 bits per heavy atom. The van der Waals surface area contributed by atoms with E-state index >= 15 is 0 Å². The Balaban J connectivity index is 1.85. The molecule has 1 aliphatic heterocycles. The Bertz CT molecular complexity index is 475. The fraction of sp³-hybridized carbons (Fsp3) is 0.385. The topological polar surface area (TPSA) is 76.7 Å². The number of amides is 1. The van der Waals surface area contributed by atoms with Crippen LogP contribution in [0.4, 0.5) is 5.69 Å². The molecule has 0 spiro atoms. The number of benzene rings is 1. The number of carbonyl (C=O) groups is 2. The maximum Gasteiger partial charge on any atom is 0.323 e. The van der Waals surface area contributed by atoms with Crippen LogP contribution in [0.5, 0.6) is 5.75 Å². The summed E-state index contributed by atoms with van der Waals surface area (Å²) in [4.78, 5) is 23.0. The second-order valence-corrected chi connectivity index (χ2v) is 4.14. The highest BCUT2D eigenvalue weighted by Gasteiger charge is 2.26. The lowest BCUT2D eigenvalue weighted by Crippen LogP contribution is -2.38. The Hall–Kier alpha value is -2.08. The van der Waals surface area contributed by atoms with Gasteiger partial charge in [0.25, 0.3) is 0 Å². The molecule has 1 heterocycles. The van der Waals surface area contributed by atoms with E-state index in [0.717, 1.165) is 0 Å². The quantitative estimate of drug-likeness (QED) is 0.759. The summed E-state index contributed by atoms with van der Waals surface area (Å²) in [6.45, 7) is 0.461. The molecule has 1 aromatic carbocycles. The molecule has 19 heavy (non-hydrogen) atoms. The zero-order valence-electron chi connectivity index (χ0n) is 10.6. The molecule has 0 radical (unpaired) electrons. The average molecular weight is 264 g/mol. The van der Waals surface area contributed by atoms with Gasteiger partial charge in [-0.3, -0.25) is 14.9 Å². The number of hydrogen-bond donors (Lipinski definition) is 2. The summed E-state index contributed by atoms with van der Waals surface area (Å²) in [7, 11) is 1.54. The van der Waals surface area contributed by atoms with Crippen molar-refractivity contribution in [1.82, 2.24) is 5.32 Å². The van der Waals surface area contributed by atoms with Gasteiger partial charge >= 0.3 is 5.97 Å². The van der Waals surface area contributed by atoms with Crippen LogP contribution in [-0.2, 0) is 14.3 Å². The molecule has 0 saturated carbocycles. The van der Waals surface area contributed by atoms with Crippen LogP contribution in [0.1, 0.15) is 6.42 Å². The highest BCUT2D eigenvalue weighted by atomic mass is 16.5. The van der Waals surface area contributed by atoms with Crippen molar-refractivity contribution < 1.29 is 19.1 Å². The molecule has 0 aromatic heterocycles. The fourth-order valence-corrected chi connectivity index (χ4v) is 1.84. The smallest absolute Gasteiger partial charge is 0.323 e. The number of nitrogens with one attached hydrogen (secondary N) is 2. The van der Waals surface area contributed by atoms with E-state index in [2.05, 4.69) is 10.6 Å². The van der Waals surface area contributed by atoms with Crippen molar-refractivity contribution in [3.63, 3.8) is 0 Å². The zero-order chi connectivity index (χ0) is 13.7. The second-order valence-electron chi connectivity index (χ2n) is 4.14. The first kappa shape index (κ1) is 13.4. The molecule has 0 aliphatic carbocycles. The highest BCUT2D eigenvalue weighted by Crippen LogP contribution is 2.22. The molecule has 102 valence electrons. The maximum absolute atomic E-state index is 11.8. The molecular weight excluding hydrogens is 248 g/mol. The molecule has 1 unspecified atom stereocenters. The van der Waals surface area contributed by atoms with Crippen molar-refractivity contribution >= 4 is 17.6 Å². The van der Waals surface area contributed by atoms with Crippen LogP contribution in [-0.4, -0.2) is 38.2 Å². The minimum Gasteiger partial charge on any atom is -0.495 e. The molecule has 2 rings (SSSR count). The van der Waals surface area contributed by atoms with Crippen LogP contribution in [0.15, 0.2) is 24.3 Å². The van der Waals surface area contributed by atoms with Gasteiger partial charge in [-0.05, 0) is 12.1 Å². The van der Waals surface area contributed by atoms with Crippen molar-refractivity contribution in [3.8, 4) is 5.75 Å². The lowest BCUT2D eigenvalue weighted by atomic mass is 10.2. The highest BCUT2D eigenvalue weighted by molar-refractivity contribution is 5.94. The van der Waals surface area contributed by atoms with Gasteiger partial charge in [-0.25, -0.2) is 0 Å². The number of methoxy groups -OCH3 is 1. The van der Waals surface area contributed by atoms with E-state index in [0.29, 0.717) is 24.5 Å². The molecule has 1 fully saturated rings. The van der Waals surface area contributed by atoms with Crippen LogP contribution in [0.25, 0.3) is 0 Å². The molecule has 2 N–H and O–H groups in total. The van der Waals surface area contributed by atoms with E-state index in [4.69, 9.17) is 9.47 Å². The van der Waals surface area contributed by atoms with Crippen molar-refractivity contribution in [3.05, 3.63) is 24.3 Å². The van der Waals surface area contributed by atoms with Gasteiger partial charge in [0.05, 0.1) is 25.9 Å². The summed E-state index contributed by atoms with van der Waals surface area (Å²) in [6, 6.07) is 6.75. The number of anilines is 1. The minimum absolute atomic E-state index is 0.0534. The van der Waals surface area contributed by atoms with Gasteiger partial charge in [0.2, 0.25) is 5.91 Å². The zero-order valence-corrected chi connectivity index (χ0v) is 10.6. The van der Waals surface area contributed by atoms with Gasteiger partial charge in [-0.1, -0.05) is 12.1 Å². The predicted octanol–water partition coefficient (Wildman–Crippen LogP) is 0.539. The van der Waals surface area contributed by atoms with Crippen LogP contribution < -0.4 is 15.4 Å². The predicted molar refractivity (Wildman–Crippen MR) is 69.0 cm³/mol. The lowest BCUT2D eigenvalue weighted by Gasteiger charge is -2.11. The number of para-hydroxylation sites is 2. The van der Waals surface area contributed by atoms with E-state index < -0.39 is 0 Å². The van der Waals surface area contributed by atoms with Gasteiger partial charge < -0.3 is 14.8 Å². The maximum atomic E-state index is 11.8. The number of carbonyl (C=O) groups excluding carboxylic acids is 2. The van der Waals surface area contributed by atoms with E-state index in [-0.39, 0.29) is 24.5 Å². The van der Waals surface area contributed by atoms with Gasteiger partial charge in [-0.2, -0.15) is 0 Å². The first-order chi connectivity index (χ1) is 9.20. The number of cyclic esters (lactones) is 1. The standard InChI is InChI=1S/C13H16N2O4/c1-18-11-5-3-2-4-9(11)15-12(16)8-14-10-6-7-19-13(10)17/h2-5,10,14H,6-8H2,1H3,(H,15,16). The summed E-state index contributed by atoms with van der Waals surface area (Å²) in [5.74, 6) is 0.0606. The van der Waals surface area contributed by atoms with Crippen molar-refractivity contribution in [2.75, 3.05) is 25.6 Å².